The Bertz CT molecular complexity index is 853. The molecule has 1 aliphatic rings. The Morgan fingerprint density at radius 1 is 1.40 bits per heavy atom. The summed E-state index contributed by atoms with van der Waals surface area (Å²) in [5.74, 6) is 2.66. The Morgan fingerprint density at radius 3 is 3.08 bits per heavy atom. The number of hydrogen-bond donors (Lipinski definition) is 3. The van der Waals surface area contributed by atoms with Gasteiger partial charge in [-0.2, -0.15) is 9.97 Å². The lowest BCUT2D eigenvalue weighted by atomic mass is 10.2. The van der Waals surface area contributed by atoms with Crippen LogP contribution in [-0.4, -0.2) is 49.7 Å². The summed E-state index contributed by atoms with van der Waals surface area (Å²) in [7, 11) is 1.66. The minimum absolute atomic E-state index is 0.399. The van der Waals surface area contributed by atoms with Gasteiger partial charge >= 0.3 is 0 Å². The molecule has 9 heteroatoms. The van der Waals surface area contributed by atoms with Crippen LogP contribution in [0.3, 0.4) is 0 Å². The average Bonchev–Trinajstić information content (AvgIpc) is 3.19. The number of anilines is 3. The summed E-state index contributed by atoms with van der Waals surface area (Å²) in [6.07, 6.45) is 6.24. The van der Waals surface area contributed by atoms with Crippen molar-refractivity contribution >= 4 is 28.6 Å². The van der Waals surface area contributed by atoms with Crippen LogP contribution < -0.4 is 10.6 Å². The Morgan fingerprint density at radius 2 is 2.28 bits per heavy atom. The fourth-order valence-electron chi connectivity index (χ4n) is 2.80. The Hall–Kier alpha value is -2.68. The number of ether oxygens (including phenoxy) is 1. The van der Waals surface area contributed by atoms with Crippen molar-refractivity contribution in [3.8, 4) is 0 Å². The van der Waals surface area contributed by atoms with Crippen molar-refractivity contribution in [3.05, 3.63) is 18.5 Å². The van der Waals surface area contributed by atoms with Crippen molar-refractivity contribution in [1.29, 1.82) is 0 Å². The lowest BCUT2D eigenvalue weighted by Gasteiger charge is -2.15. The van der Waals surface area contributed by atoms with Gasteiger partial charge in [-0.15, -0.1) is 5.10 Å². The van der Waals surface area contributed by atoms with E-state index in [1.165, 1.54) is 12.8 Å². The maximum Gasteiger partial charge on any atom is 0.232 e. The van der Waals surface area contributed by atoms with E-state index >= 15 is 0 Å². The molecule has 0 spiro atoms. The van der Waals surface area contributed by atoms with Crippen LogP contribution in [-0.2, 0) is 11.3 Å². The van der Waals surface area contributed by atoms with Gasteiger partial charge in [-0.05, 0) is 31.7 Å². The van der Waals surface area contributed by atoms with E-state index in [9.17, 15) is 0 Å². The minimum atomic E-state index is 0.399. The predicted octanol–water partition coefficient (Wildman–Crippen LogP) is 2.15. The molecule has 3 aromatic rings. The highest BCUT2D eigenvalue weighted by molar-refractivity contribution is 5.88. The number of nitrogens with one attached hydrogen (secondary N) is 3. The number of aromatic amines is 1. The molecule has 3 N–H and O–H groups in total. The number of H-pyrrole nitrogens is 1. The number of fused-ring (bicyclic) bond motifs is 1. The molecule has 132 valence electrons. The molecule has 9 nitrogen and oxygen atoms in total. The molecule has 4 rings (SSSR count). The summed E-state index contributed by atoms with van der Waals surface area (Å²) >= 11 is 0. The molecule has 1 saturated carbocycles. The molecule has 0 bridgehead atoms. The first kappa shape index (κ1) is 15.8. The number of aromatic nitrogens is 6. The molecule has 1 aliphatic carbocycles. The maximum atomic E-state index is 5.04. The topological polar surface area (TPSA) is 106 Å². The van der Waals surface area contributed by atoms with E-state index in [2.05, 4.69) is 42.8 Å². The fraction of sp³-hybridized carbons (Fsp3) is 0.500. The van der Waals surface area contributed by atoms with Gasteiger partial charge in [-0.3, -0.25) is 0 Å². The molecular formula is C16H22N8O. The molecule has 3 heterocycles. The smallest absolute Gasteiger partial charge is 0.232 e. The molecular weight excluding hydrogens is 320 g/mol. The van der Waals surface area contributed by atoms with Crippen LogP contribution in [0.4, 0.5) is 17.6 Å². The summed E-state index contributed by atoms with van der Waals surface area (Å²) in [5, 5.41) is 15.8. The fourth-order valence-corrected chi connectivity index (χ4v) is 2.80. The van der Waals surface area contributed by atoms with Gasteiger partial charge in [0.15, 0.2) is 5.82 Å². The molecule has 3 aromatic heterocycles. The SMILES string of the molecule is COCCn1cc(Nc2nc(N[C@H](C)C3CC3)c3cc[nH]c3n2)nn1. The summed E-state index contributed by atoms with van der Waals surface area (Å²) in [6, 6.07) is 2.39. The van der Waals surface area contributed by atoms with E-state index in [4.69, 9.17) is 4.74 Å². The highest BCUT2D eigenvalue weighted by Crippen LogP contribution is 2.34. The first-order chi connectivity index (χ1) is 12.2. The van der Waals surface area contributed by atoms with Crippen molar-refractivity contribution in [1.82, 2.24) is 29.9 Å². The summed E-state index contributed by atoms with van der Waals surface area (Å²) in [6.45, 7) is 3.43. The molecule has 0 unspecified atom stereocenters. The van der Waals surface area contributed by atoms with E-state index < -0.39 is 0 Å². The second-order valence-corrected chi connectivity index (χ2v) is 6.39. The molecule has 0 aliphatic heterocycles. The van der Waals surface area contributed by atoms with Crippen molar-refractivity contribution in [2.45, 2.75) is 32.4 Å². The Balaban J connectivity index is 1.55. The standard InChI is InChI=1S/C16H22N8O/c1-10(11-3-4-11)18-15-12-5-6-17-14(12)20-16(21-15)19-13-9-24(23-22-13)7-8-25-2/h5-6,9-11H,3-4,7-8H2,1-2H3,(H3,17,18,19,20,21)/t10-/m1/s1. The molecule has 0 saturated heterocycles. The quantitative estimate of drug-likeness (QED) is 0.576. The third-order valence-corrected chi connectivity index (χ3v) is 4.41. The molecule has 1 fully saturated rings. The highest BCUT2D eigenvalue weighted by Gasteiger charge is 2.28. The predicted molar refractivity (Wildman–Crippen MR) is 94.9 cm³/mol. The van der Waals surface area contributed by atoms with E-state index in [1.807, 2.05) is 12.3 Å². The zero-order valence-corrected chi connectivity index (χ0v) is 14.4. The van der Waals surface area contributed by atoms with Crippen LogP contribution in [0.2, 0.25) is 0 Å². The van der Waals surface area contributed by atoms with Gasteiger partial charge < -0.3 is 20.4 Å². The third-order valence-electron chi connectivity index (χ3n) is 4.41. The first-order valence-electron chi connectivity index (χ1n) is 8.50. The van der Waals surface area contributed by atoms with E-state index in [1.54, 1.807) is 18.0 Å². The number of hydrogen-bond acceptors (Lipinski definition) is 7. The van der Waals surface area contributed by atoms with Gasteiger partial charge in [0.2, 0.25) is 5.95 Å². The van der Waals surface area contributed by atoms with Crippen LogP contribution in [0.15, 0.2) is 18.5 Å². The van der Waals surface area contributed by atoms with Crippen molar-refractivity contribution < 1.29 is 4.74 Å². The lowest BCUT2D eigenvalue weighted by Crippen LogP contribution is -2.18. The zero-order chi connectivity index (χ0) is 17.2. The maximum absolute atomic E-state index is 5.04. The molecule has 1 atom stereocenters. The first-order valence-corrected chi connectivity index (χ1v) is 8.50. The van der Waals surface area contributed by atoms with Gasteiger partial charge in [-0.25, -0.2) is 4.68 Å². The lowest BCUT2D eigenvalue weighted by molar-refractivity contribution is 0.183. The van der Waals surface area contributed by atoms with Crippen LogP contribution in [0, 0.1) is 5.92 Å². The van der Waals surface area contributed by atoms with Crippen LogP contribution >= 0.6 is 0 Å². The van der Waals surface area contributed by atoms with Gasteiger partial charge in [0.25, 0.3) is 0 Å². The van der Waals surface area contributed by atoms with Crippen LogP contribution in [0.1, 0.15) is 19.8 Å². The van der Waals surface area contributed by atoms with Gasteiger partial charge in [-0.1, -0.05) is 5.21 Å². The second kappa shape index (κ2) is 6.67. The van der Waals surface area contributed by atoms with Gasteiger partial charge in [0, 0.05) is 19.3 Å². The Labute approximate surface area is 145 Å². The number of rotatable bonds is 8. The van der Waals surface area contributed by atoms with E-state index in [0.29, 0.717) is 31.0 Å². The third kappa shape index (κ3) is 3.55. The van der Waals surface area contributed by atoms with Crippen LogP contribution in [0.5, 0.6) is 0 Å². The largest absolute Gasteiger partial charge is 0.383 e. The van der Waals surface area contributed by atoms with Gasteiger partial charge in [0.05, 0.1) is 24.7 Å². The normalized spacial score (nSPS) is 15.4. The molecule has 25 heavy (non-hydrogen) atoms. The number of methoxy groups -OCH3 is 1. The number of nitrogens with zero attached hydrogens (tertiary/aromatic N) is 5. The second-order valence-electron chi connectivity index (χ2n) is 6.39. The van der Waals surface area contributed by atoms with Gasteiger partial charge in [0.1, 0.15) is 11.5 Å². The summed E-state index contributed by atoms with van der Waals surface area (Å²) < 4.78 is 6.76. The monoisotopic (exact) mass is 342 g/mol. The summed E-state index contributed by atoms with van der Waals surface area (Å²) in [5.41, 5.74) is 0.787. The Kier molecular flexibility index (Phi) is 4.22. The average molecular weight is 342 g/mol. The van der Waals surface area contributed by atoms with Crippen molar-refractivity contribution in [2.75, 3.05) is 24.4 Å². The van der Waals surface area contributed by atoms with Crippen LogP contribution in [0.25, 0.3) is 11.0 Å². The molecule has 0 amide bonds. The molecule has 0 aromatic carbocycles. The van der Waals surface area contributed by atoms with Crippen molar-refractivity contribution in [3.63, 3.8) is 0 Å². The molecule has 0 radical (unpaired) electrons. The van der Waals surface area contributed by atoms with E-state index in [-0.39, 0.29) is 0 Å². The zero-order valence-electron chi connectivity index (χ0n) is 14.4. The van der Waals surface area contributed by atoms with E-state index in [0.717, 1.165) is 22.8 Å². The summed E-state index contributed by atoms with van der Waals surface area (Å²) in [4.78, 5) is 12.3. The van der Waals surface area contributed by atoms with Crippen molar-refractivity contribution in [2.24, 2.45) is 5.92 Å². The minimum Gasteiger partial charge on any atom is -0.383 e. The highest BCUT2D eigenvalue weighted by atomic mass is 16.5.